The first-order valence-corrected chi connectivity index (χ1v) is 12.9. The monoisotopic (exact) mass is 497 g/mol. The van der Waals surface area contributed by atoms with E-state index in [4.69, 9.17) is 21.5 Å². The second kappa shape index (κ2) is 9.03. The quantitative estimate of drug-likeness (QED) is 0.582. The SMILES string of the molecule is NS(=O)(=O)c1ccc(C2C(=O)N(Cc3ccc(N4CCOCC4)cc3)c3ccc(Cl)cc32)cc1. The molecule has 2 aliphatic heterocycles. The molecule has 1 amide bonds. The summed E-state index contributed by atoms with van der Waals surface area (Å²) in [5.41, 5.74) is 4.43. The van der Waals surface area contributed by atoms with E-state index >= 15 is 0 Å². The van der Waals surface area contributed by atoms with Crippen molar-refractivity contribution in [3.05, 3.63) is 88.4 Å². The fourth-order valence-electron chi connectivity index (χ4n) is 4.56. The van der Waals surface area contributed by atoms with Gasteiger partial charge >= 0.3 is 0 Å². The third-order valence-electron chi connectivity index (χ3n) is 6.30. The number of carbonyl (C=O) groups is 1. The number of anilines is 2. The first-order valence-electron chi connectivity index (χ1n) is 11.0. The molecule has 5 rings (SSSR count). The Balaban J connectivity index is 1.43. The zero-order chi connectivity index (χ0) is 23.9. The van der Waals surface area contributed by atoms with Crippen molar-refractivity contribution in [1.29, 1.82) is 0 Å². The van der Waals surface area contributed by atoms with Crippen molar-refractivity contribution < 1.29 is 17.9 Å². The van der Waals surface area contributed by atoms with Gasteiger partial charge in [0.25, 0.3) is 0 Å². The second-order valence-corrected chi connectivity index (χ2v) is 10.4. The molecule has 0 aliphatic carbocycles. The van der Waals surface area contributed by atoms with E-state index < -0.39 is 15.9 Å². The molecule has 1 atom stereocenters. The van der Waals surface area contributed by atoms with Crippen LogP contribution in [0.5, 0.6) is 0 Å². The average molecular weight is 498 g/mol. The Bertz CT molecular complexity index is 1320. The number of rotatable bonds is 5. The van der Waals surface area contributed by atoms with Crippen LogP contribution in [0.3, 0.4) is 0 Å². The van der Waals surface area contributed by atoms with Crippen LogP contribution in [0.4, 0.5) is 11.4 Å². The topological polar surface area (TPSA) is 92.9 Å². The van der Waals surface area contributed by atoms with Gasteiger partial charge in [-0.2, -0.15) is 0 Å². The Morgan fingerprint density at radius 1 is 0.971 bits per heavy atom. The van der Waals surface area contributed by atoms with Crippen LogP contribution in [0.2, 0.25) is 5.02 Å². The number of sulfonamides is 1. The smallest absolute Gasteiger partial charge is 0.239 e. The molecule has 1 unspecified atom stereocenters. The maximum atomic E-state index is 13.6. The van der Waals surface area contributed by atoms with Crippen LogP contribution < -0.4 is 14.9 Å². The van der Waals surface area contributed by atoms with E-state index in [0.29, 0.717) is 17.1 Å². The summed E-state index contributed by atoms with van der Waals surface area (Å²) in [7, 11) is -3.81. The predicted molar refractivity (Wildman–Crippen MR) is 132 cm³/mol. The molecule has 0 aromatic heterocycles. The first kappa shape index (κ1) is 22.9. The van der Waals surface area contributed by atoms with Gasteiger partial charge in [-0.05, 0) is 59.2 Å². The molecular weight excluding hydrogens is 474 g/mol. The highest BCUT2D eigenvalue weighted by Crippen LogP contribution is 2.43. The van der Waals surface area contributed by atoms with Crippen molar-refractivity contribution in [2.24, 2.45) is 5.14 Å². The zero-order valence-corrected chi connectivity index (χ0v) is 19.9. The third-order valence-corrected chi connectivity index (χ3v) is 7.46. The van der Waals surface area contributed by atoms with Crippen molar-refractivity contribution >= 4 is 38.9 Å². The Labute approximate surface area is 203 Å². The molecule has 7 nitrogen and oxygen atoms in total. The average Bonchev–Trinajstić information content (AvgIpc) is 3.10. The highest BCUT2D eigenvalue weighted by Gasteiger charge is 2.38. The van der Waals surface area contributed by atoms with Gasteiger partial charge in [0.1, 0.15) is 0 Å². The summed E-state index contributed by atoms with van der Waals surface area (Å²) in [6, 6.07) is 19.8. The lowest BCUT2D eigenvalue weighted by atomic mass is 9.93. The molecule has 2 heterocycles. The largest absolute Gasteiger partial charge is 0.378 e. The van der Waals surface area contributed by atoms with Gasteiger partial charge in [0, 0.05) is 29.5 Å². The Kier molecular flexibility index (Phi) is 6.07. The summed E-state index contributed by atoms with van der Waals surface area (Å²) in [5, 5.41) is 5.76. The highest BCUT2D eigenvalue weighted by atomic mass is 35.5. The molecule has 3 aromatic carbocycles. The second-order valence-electron chi connectivity index (χ2n) is 8.44. The van der Waals surface area contributed by atoms with Gasteiger partial charge in [0.05, 0.1) is 30.6 Å². The van der Waals surface area contributed by atoms with Crippen molar-refractivity contribution in [3.63, 3.8) is 0 Å². The van der Waals surface area contributed by atoms with Crippen molar-refractivity contribution in [1.82, 2.24) is 0 Å². The van der Waals surface area contributed by atoms with Gasteiger partial charge in [-0.1, -0.05) is 35.9 Å². The number of amides is 1. The van der Waals surface area contributed by atoms with Crippen molar-refractivity contribution in [2.75, 3.05) is 36.1 Å². The molecule has 0 bridgehead atoms. The molecule has 0 spiro atoms. The molecule has 2 aliphatic rings. The first-order chi connectivity index (χ1) is 16.3. The van der Waals surface area contributed by atoms with Gasteiger partial charge in [0.2, 0.25) is 15.9 Å². The number of benzene rings is 3. The molecule has 176 valence electrons. The maximum Gasteiger partial charge on any atom is 0.239 e. The summed E-state index contributed by atoms with van der Waals surface area (Å²) in [6.45, 7) is 3.60. The molecule has 3 aromatic rings. The van der Waals surface area contributed by atoms with Crippen LogP contribution in [0.25, 0.3) is 0 Å². The van der Waals surface area contributed by atoms with Crippen molar-refractivity contribution in [3.8, 4) is 0 Å². The molecular formula is C25H24ClN3O4S. The van der Waals surface area contributed by atoms with Crippen LogP contribution in [-0.4, -0.2) is 40.6 Å². The van der Waals surface area contributed by atoms with Crippen LogP contribution in [0.15, 0.2) is 71.6 Å². The number of carbonyl (C=O) groups excluding carboxylic acids is 1. The van der Waals surface area contributed by atoms with E-state index in [1.807, 2.05) is 18.2 Å². The number of hydrogen-bond donors (Lipinski definition) is 1. The molecule has 2 N–H and O–H groups in total. The molecule has 1 saturated heterocycles. The third kappa shape index (κ3) is 4.42. The summed E-state index contributed by atoms with van der Waals surface area (Å²) < 4.78 is 28.7. The summed E-state index contributed by atoms with van der Waals surface area (Å²) in [4.78, 5) is 17.6. The van der Waals surface area contributed by atoms with E-state index in [-0.39, 0.29) is 10.8 Å². The molecule has 0 radical (unpaired) electrons. The predicted octanol–water partition coefficient (Wildman–Crippen LogP) is 3.50. The Morgan fingerprint density at radius 3 is 2.29 bits per heavy atom. The van der Waals surface area contributed by atoms with E-state index in [2.05, 4.69) is 17.0 Å². The molecule has 9 heteroatoms. The fourth-order valence-corrected chi connectivity index (χ4v) is 5.26. The summed E-state index contributed by atoms with van der Waals surface area (Å²) in [6.07, 6.45) is 0. The highest BCUT2D eigenvalue weighted by molar-refractivity contribution is 7.89. The maximum absolute atomic E-state index is 13.6. The van der Waals surface area contributed by atoms with Gasteiger partial charge in [-0.25, -0.2) is 13.6 Å². The van der Waals surface area contributed by atoms with Crippen molar-refractivity contribution in [2.45, 2.75) is 17.4 Å². The lowest BCUT2D eigenvalue weighted by molar-refractivity contribution is -0.118. The number of nitrogens with two attached hydrogens (primary N) is 1. The molecule has 34 heavy (non-hydrogen) atoms. The van der Waals surface area contributed by atoms with E-state index in [1.165, 1.54) is 12.1 Å². The van der Waals surface area contributed by atoms with Gasteiger partial charge in [0.15, 0.2) is 0 Å². The molecule has 1 fully saturated rings. The van der Waals surface area contributed by atoms with Crippen LogP contribution in [0.1, 0.15) is 22.6 Å². The minimum Gasteiger partial charge on any atom is -0.378 e. The normalized spacial score (nSPS) is 18.3. The van der Waals surface area contributed by atoms with E-state index in [0.717, 1.165) is 48.8 Å². The number of halogens is 1. The van der Waals surface area contributed by atoms with Crippen LogP contribution in [0, 0.1) is 0 Å². The Morgan fingerprint density at radius 2 is 1.65 bits per heavy atom. The summed E-state index contributed by atoms with van der Waals surface area (Å²) >= 11 is 6.27. The number of primary sulfonamides is 1. The van der Waals surface area contributed by atoms with Gasteiger partial charge in [-0.3, -0.25) is 4.79 Å². The van der Waals surface area contributed by atoms with Gasteiger partial charge in [-0.15, -0.1) is 0 Å². The summed E-state index contributed by atoms with van der Waals surface area (Å²) in [5.74, 6) is -0.659. The zero-order valence-electron chi connectivity index (χ0n) is 18.4. The number of nitrogens with zero attached hydrogens (tertiary/aromatic N) is 2. The lowest BCUT2D eigenvalue weighted by Gasteiger charge is -2.29. The number of ether oxygens (including phenoxy) is 1. The Hall–Kier alpha value is -2.91. The van der Waals surface area contributed by atoms with Crippen LogP contribution >= 0.6 is 11.6 Å². The number of hydrogen-bond acceptors (Lipinski definition) is 5. The van der Waals surface area contributed by atoms with Gasteiger partial charge < -0.3 is 14.5 Å². The van der Waals surface area contributed by atoms with E-state index in [1.54, 1.807) is 29.2 Å². The molecule has 0 saturated carbocycles. The minimum absolute atomic E-state index is 0.00484. The standard InChI is InChI=1S/C25H24ClN3O4S/c26-19-5-10-23-22(15-19)24(18-3-8-21(9-4-18)34(27,31)32)25(30)29(23)16-17-1-6-20(7-2-17)28-11-13-33-14-12-28/h1-10,15,24H,11-14,16H2,(H2,27,31,32). The number of morpholine rings is 1. The number of fused-ring (bicyclic) bond motifs is 1. The minimum atomic E-state index is -3.81. The fraction of sp³-hybridized carbons (Fsp3) is 0.240. The lowest BCUT2D eigenvalue weighted by Crippen LogP contribution is -2.36. The van der Waals surface area contributed by atoms with Crippen LogP contribution in [-0.2, 0) is 26.1 Å². The van der Waals surface area contributed by atoms with E-state index in [9.17, 15) is 13.2 Å².